The summed E-state index contributed by atoms with van der Waals surface area (Å²) in [6, 6.07) is 5.13. The van der Waals surface area contributed by atoms with Crippen LogP contribution in [0.2, 0.25) is 0 Å². The van der Waals surface area contributed by atoms with Gasteiger partial charge in [-0.25, -0.2) is 8.78 Å². The molecule has 2 aromatic rings. The predicted molar refractivity (Wildman–Crippen MR) is 73.9 cm³/mol. The lowest BCUT2D eigenvalue weighted by molar-refractivity contribution is 0.545. The van der Waals surface area contributed by atoms with Crippen LogP contribution in [0.3, 0.4) is 0 Å². The summed E-state index contributed by atoms with van der Waals surface area (Å²) in [7, 11) is 0. The van der Waals surface area contributed by atoms with Gasteiger partial charge in [0.05, 0.1) is 9.83 Å². The SMILES string of the molecule is CCNC(c1csc(Br)c1)c1cc(F)ccc1F. The molecule has 0 bridgehead atoms. The Balaban J connectivity index is 2.44. The van der Waals surface area contributed by atoms with Gasteiger partial charge in [0.15, 0.2) is 0 Å². The maximum absolute atomic E-state index is 13.8. The standard InChI is InChI=1S/C13H12BrF2NS/c1-2-17-13(8-5-12(14)18-7-8)10-6-9(15)3-4-11(10)16/h3-7,13,17H,2H2,1H3. The first kappa shape index (κ1) is 13.6. The van der Waals surface area contributed by atoms with Crippen molar-refractivity contribution in [1.29, 1.82) is 0 Å². The van der Waals surface area contributed by atoms with E-state index in [2.05, 4.69) is 21.2 Å². The third-order valence-corrected chi connectivity index (χ3v) is 4.12. The van der Waals surface area contributed by atoms with Crippen molar-refractivity contribution in [3.05, 3.63) is 56.2 Å². The molecule has 0 aliphatic rings. The topological polar surface area (TPSA) is 12.0 Å². The fourth-order valence-electron chi connectivity index (χ4n) is 1.82. The third kappa shape index (κ3) is 2.96. The van der Waals surface area contributed by atoms with Gasteiger partial charge in [0, 0.05) is 5.56 Å². The minimum Gasteiger partial charge on any atom is -0.306 e. The first-order valence-corrected chi connectivity index (χ1v) is 7.21. The Morgan fingerprint density at radius 3 is 2.72 bits per heavy atom. The second kappa shape index (κ2) is 5.91. The summed E-state index contributed by atoms with van der Waals surface area (Å²) < 4.78 is 28.1. The molecule has 0 aliphatic heterocycles. The smallest absolute Gasteiger partial charge is 0.128 e. The lowest BCUT2D eigenvalue weighted by Gasteiger charge is -2.18. The van der Waals surface area contributed by atoms with Crippen molar-refractivity contribution in [1.82, 2.24) is 5.32 Å². The molecule has 1 N–H and O–H groups in total. The van der Waals surface area contributed by atoms with E-state index in [1.54, 1.807) is 0 Å². The Labute approximate surface area is 117 Å². The molecule has 1 nitrogen and oxygen atoms in total. The third-order valence-electron chi connectivity index (χ3n) is 2.60. The van der Waals surface area contributed by atoms with Crippen LogP contribution in [0.15, 0.2) is 33.4 Å². The lowest BCUT2D eigenvalue weighted by Crippen LogP contribution is -2.22. The molecule has 1 aromatic carbocycles. The second-order valence-corrected chi connectivity index (χ2v) is 6.13. The molecule has 1 atom stereocenters. The molecule has 1 aromatic heterocycles. The molecule has 1 heterocycles. The Hall–Kier alpha value is -0.780. The second-order valence-electron chi connectivity index (χ2n) is 3.84. The van der Waals surface area contributed by atoms with Crippen LogP contribution in [-0.2, 0) is 0 Å². The zero-order valence-electron chi connectivity index (χ0n) is 9.71. The number of thiophene rings is 1. The fourth-order valence-corrected chi connectivity index (χ4v) is 3.02. The zero-order chi connectivity index (χ0) is 13.1. The summed E-state index contributed by atoms with van der Waals surface area (Å²) in [6.07, 6.45) is 0. The summed E-state index contributed by atoms with van der Waals surface area (Å²) in [6.45, 7) is 2.61. The van der Waals surface area contributed by atoms with E-state index in [9.17, 15) is 8.78 Å². The molecule has 0 radical (unpaired) electrons. The minimum absolute atomic E-state index is 0.326. The van der Waals surface area contributed by atoms with E-state index in [4.69, 9.17) is 0 Å². The molecular weight excluding hydrogens is 320 g/mol. The van der Waals surface area contributed by atoms with Crippen LogP contribution >= 0.6 is 27.3 Å². The zero-order valence-corrected chi connectivity index (χ0v) is 12.1. The van der Waals surface area contributed by atoms with Crippen LogP contribution in [-0.4, -0.2) is 6.54 Å². The number of halogens is 3. The average molecular weight is 332 g/mol. The van der Waals surface area contributed by atoms with Crippen LogP contribution in [0, 0.1) is 11.6 Å². The highest BCUT2D eigenvalue weighted by molar-refractivity contribution is 9.11. The number of hydrogen-bond donors (Lipinski definition) is 1. The Morgan fingerprint density at radius 2 is 2.11 bits per heavy atom. The molecule has 0 fully saturated rings. The predicted octanol–water partition coefficient (Wildman–Crippen LogP) is 4.49. The highest BCUT2D eigenvalue weighted by atomic mass is 79.9. The normalized spacial score (nSPS) is 12.7. The van der Waals surface area contributed by atoms with E-state index < -0.39 is 11.6 Å². The monoisotopic (exact) mass is 331 g/mol. The van der Waals surface area contributed by atoms with Crippen molar-refractivity contribution in [3.8, 4) is 0 Å². The first-order chi connectivity index (χ1) is 8.61. The van der Waals surface area contributed by atoms with Crippen molar-refractivity contribution in [2.75, 3.05) is 6.54 Å². The molecule has 0 saturated heterocycles. The van der Waals surface area contributed by atoms with Gasteiger partial charge in [-0.05, 0) is 57.7 Å². The number of nitrogens with one attached hydrogen (secondary N) is 1. The Bertz CT molecular complexity index is 542. The van der Waals surface area contributed by atoms with Gasteiger partial charge in [-0.15, -0.1) is 11.3 Å². The van der Waals surface area contributed by atoms with Crippen molar-refractivity contribution >= 4 is 27.3 Å². The molecule has 0 saturated carbocycles. The summed E-state index contributed by atoms with van der Waals surface area (Å²) in [5, 5.41) is 5.11. The van der Waals surface area contributed by atoms with Gasteiger partial charge in [-0.3, -0.25) is 0 Å². The minimum atomic E-state index is -0.427. The van der Waals surface area contributed by atoms with Gasteiger partial charge < -0.3 is 5.32 Å². The van der Waals surface area contributed by atoms with Crippen LogP contribution < -0.4 is 5.32 Å². The quantitative estimate of drug-likeness (QED) is 0.870. The fraction of sp³-hybridized carbons (Fsp3) is 0.231. The van der Waals surface area contributed by atoms with Crippen molar-refractivity contribution in [2.45, 2.75) is 13.0 Å². The van der Waals surface area contributed by atoms with Gasteiger partial charge in [-0.1, -0.05) is 6.92 Å². The number of hydrogen-bond acceptors (Lipinski definition) is 2. The summed E-state index contributed by atoms with van der Waals surface area (Å²) >= 11 is 4.90. The molecule has 1 unspecified atom stereocenters. The lowest BCUT2D eigenvalue weighted by atomic mass is 10.0. The van der Waals surface area contributed by atoms with Crippen LogP contribution in [0.1, 0.15) is 24.1 Å². The number of benzene rings is 1. The van der Waals surface area contributed by atoms with Crippen LogP contribution in [0.5, 0.6) is 0 Å². The maximum atomic E-state index is 13.8. The van der Waals surface area contributed by atoms with E-state index in [0.717, 1.165) is 21.5 Å². The van der Waals surface area contributed by atoms with Crippen molar-refractivity contribution < 1.29 is 8.78 Å². The van der Waals surface area contributed by atoms with E-state index >= 15 is 0 Å². The van der Waals surface area contributed by atoms with Gasteiger partial charge in [-0.2, -0.15) is 0 Å². The van der Waals surface area contributed by atoms with E-state index in [1.165, 1.54) is 17.4 Å². The van der Waals surface area contributed by atoms with Gasteiger partial charge in [0.25, 0.3) is 0 Å². The van der Waals surface area contributed by atoms with Crippen molar-refractivity contribution in [3.63, 3.8) is 0 Å². The van der Waals surface area contributed by atoms with Gasteiger partial charge in [0.2, 0.25) is 0 Å². The Morgan fingerprint density at radius 1 is 1.33 bits per heavy atom. The van der Waals surface area contributed by atoms with E-state index in [1.807, 2.05) is 18.4 Å². The van der Waals surface area contributed by atoms with Crippen LogP contribution in [0.25, 0.3) is 0 Å². The first-order valence-electron chi connectivity index (χ1n) is 5.54. The van der Waals surface area contributed by atoms with Crippen LogP contribution in [0.4, 0.5) is 8.78 Å². The van der Waals surface area contributed by atoms with Gasteiger partial charge in [0.1, 0.15) is 11.6 Å². The summed E-state index contributed by atoms with van der Waals surface area (Å²) in [4.78, 5) is 0. The molecule has 5 heteroatoms. The molecule has 96 valence electrons. The van der Waals surface area contributed by atoms with Gasteiger partial charge >= 0.3 is 0 Å². The average Bonchev–Trinajstić information content (AvgIpc) is 2.76. The molecular formula is C13H12BrF2NS. The maximum Gasteiger partial charge on any atom is 0.128 e. The van der Waals surface area contributed by atoms with E-state index in [-0.39, 0.29) is 6.04 Å². The highest BCUT2D eigenvalue weighted by Crippen LogP contribution is 2.30. The largest absolute Gasteiger partial charge is 0.306 e. The molecule has 0 amide bonds. The summed E-state index contributed by atoms with van der Waals surface area (Å²) in [5.74, 6) is -0.826. The van der Waals surface area contributed by atoms with Crippen molar-refractivity contribution in [2.24, 2.45) is 0 Å². The molecule has 2 rings (SSSR count). The molecule has 0 spiro atoms. The molecule has 0 aliphatic carbocycles. The number of rotatable bonds is 4. The summed E-state index contributed by atoms with van der Waals surface area (Å²) in [5.41, 5.74) is 1.26. The molecule has 18 heavy (non-hydrogen) atoms. The van der Waals surface area contributed by atoms with E-state index in [0.29, 0.717) is 12.1 Å². The highest BCUT2D eigenvalue weighted by Gasteiger charge is 2.18. The Kier molecular flexibility index (Phi) is 4.48.